The lowest BCUT2D eigenvalue weighted by Gasteiger charge is -2.29. The van der Waals surface area contributed by atoms with Gasteiger partial charge in [-0.05, 0) is 32.1 Å². The van der Waals surface area contributed by atoms with Gasteiger partial charge in [-0.3, -0.25) is 9.48 Å². The Labute approximate surface area is 124 Å². The van der Waals surface area contributed by atoms with E-state index in [-0.39, 0.29) is 11.3 Å². The van der Waals surface area contributed by atoms with Crippen LogP contribution in [-0.4, -0.2) is 27.6 Å². The molecule has 4 nitrogen and oxygen atoms in total. The monoisotopic (exact) mass is 329 g/mol. The van der Waals surface area contributed by atoms with Crippen LogP contribution >= 0.6 is 15.9 Å². The van der Waals surface area contributed by atoms with E-state index in [4.69, 9.17) is 0 Å². The van der Waals surface area contributed by atoms with Crippen LogP contribution in [0.2, 0.25) is 0 Å². The van der Waals surface area contributed by atoms with E-state index in [0.717, 1.165) is 29.6 Å². The summed E-state index contributed by atoms with van der Waals surface area (Å²) in [6, 6.07) is 0. The van der Waals surface area contributed by atoms with Crippen LogP contribution in [0.5, 0.6) is 0 Å². The zero-order chi connectivity index (χ0) is 14.6. The van der Waals surface area contributed by atoms with Crippen molar-refractivity contribution < 1.29 is 4.79 Å². The largest absolute Gasteiger partial charge is 0.351 e. The standard InChI is InChI=1S/C14H24BrN3O/c1-6-14(7-2,8-15)9-16-13(19)12-10(3)17-18(5)11(12)4/h6-9H2,1-5H3,(H,16,19). The fourth-order valence-corrected chi connectivity index (χ4v) is 3.19. The highest BCUT2D eigenvalue weighted by Crippen LogP contribution is 2.28. The number of nitrogens with zero attached hydrogens (tertiary/aromatic N) is 2. The number of aryl methyl sites for hydroxylation is 2. The number of carbonyl (C=O) groups excluding carboxylic acids is 1. The second kappa shape index (κ2) is 6.55. The van der Waals surface area contributed by atoms with Gasteiger partial charge in [-0.2, -0.15) is 5.10 Å². The lowest BCUT2D eigenvalue weighted by Crippen LogP contribution is -2.38. The molecule has 5 heteroatoms. The fourth-order valence-electron chi connectivity index (χ4n) is 2.19. The van der Waals surface area contributed by atoms with E-state index in [9.17, 15) is 4.79 Å². The number of alkyl halides is 1. The minimum Gasteiger partial charge on any atom is -0.351 e. The van der Waals surface area contributed by atoms with Gasteiger partial charge >= 0.3 is 0 Å². The van der Waals surface area contributed by atoms with Crippen LogP contribution in [0.25, 0.3) is 0 Å². The Morgan fingerprint density at radius 3 is 2.32 bits per heavy atom. The summed E-state index contributed by atoms with van der Waals surface area (Å²) in [5, 5.41) is 8.25. The second-order valence-corrected chi connectivity index (χ2v) is 5.75. The Kier molecular flexibility index (Phi) is 5.59. The highest BCUT2D eigenvalue weighted by Gasteiger charge is 2.26. The Balaban J connectivity index is 2.81. The molecule has 1 heterocycles. The summed E-state index contributed by atoms with van der Waals surface area (Å²) in [6.07, 6.45) is 2.08. The molecule has 0 aliphatic rings. The number of hydrogen-bond donors (Lipinski definition) is 1. The van der Waals surface area contributed by atoms with Gasteiger partial charge in [0, 0.05) is 24.6 Å². The van der Waals surface area contributed by atoms with Gasteiger partial charge in [-0.25, -0.2) is 0 Å². The summed E-state index contributed by atoms with van der Waals surface area (Å²) in [6.45, 7) is 8.82. The van der Waals surface area contributed by atoms with E-state index in [1.54, 1.807) is 4.68 Å². The van der Waals surface area contributed by atoms with E-state index in [2.05, 4.69) is 40.2 Å². The molecule has 0 fully saturated rings. The maximum absolute atomic E-state index is 12.3. The van der Waals surface area contributed by atoms with Crippen LogP contribution in [0.4, 0.5) is 0 Å². The summed E-state index contributed by atoms with van der Waals surface area (Å²) in [5.41, 5.74) is 2.54. The quantitative estimate of drug-likeness (QED) is 0.815. The molecule has 0 aliphatic carbocycles. The smallest absolute Gasteiger partial charge is 0.255 e. The molecule has 1 aromatic heterocycles. The maximum atomic E-state index is 12.3. The van der Waals surface area contributed by atoms with Crippen LogP contribution in [0, 0.1) is 19.3 Å². The van der Waals surface area contributed by atoms with Crippen molar-refractivity contribution in [2.45, 2.75) is 40.5 Å². The average molecular weight is 330 g/mol. The summed E-state index contributed by atoms with van der Waals surface area (Å²) in [4.78, 5) is 12.3. The molecule has 0 aromatic carbocycles. The van der Waals surface area contributed by atoms with Crippen LogP contribution in [0.15, 0.2) is 0 Å². The molecule has 0 saturated heterocycles. The zero-order valence-electron chi connectivity index (χ0n) is 12.5. The molecule has 108 valence electrons. The van der Waals surface area contributed by atoms with Gasteiger partial charge < -0.3 is 5.32 Å². The van der Waals surface area contributed by atoms with E-state index in [1.807, 2.05) is 20.9 Å². The van der Waals surface area contributed by atoms with Gasteiger partial charge in [0.1, 0.15) is 0 Å². The van der Waals surface area contributed by atoms with Crippen LogP contribution in [-0.2, 0) is 7.05 Å². The first-order valence-corrected chi connectivity index (χ1v) is 7.87. The SMILES string of the molecule is CCC(CC)(CBr)CNC(=O)c1c(C)nn(C)c1C. The predicted octanol–water partition coefficient (Wildman–Crippen LogP) is 2.97. The van der Waals surface area contributed by atoms with Gasteiger partial charge in [0.2, 0.25) is 0 Å². The van der Waals surface area contributed by atoms with Crippen LogP contribution in [0.3, 0.4) is 0 Å². The van der Waals surface area contributed by atoms with Gasteiger partial charge in [0.15, 0.2) is 0 Å². The van der Waals surface area contributed by atoms with Gasteiger partial charge in [0.05, 0.1) is 11.3 Å². The first kappa shape index (κ1) is 16.2. The predicted molar refractivity (Wildman–Crippen MR) is 81.8 cm³/mol. The van der Waals surface area contributed by atoms with E-state index in [1.165, 1.54) is 0 Å². The second-order valence-electron chi connectivity index (χ2n) is 5.19. The summed E-state index contributed by atoms with van der Waals surface area (Å²) < 4.78 is 1.75. The van der Waals surface area contributed by atoms with E-state index in [0.29, 0.717) is 12.1 Å². The third-order valence-electron chi connectivity index (χ3n) is 4.14. The van der Waals surface area contributed by atoms with Gasteiger partial charge in [0.25, 0.3) is 5.91 Å². The number of nitrogens with one attached hydrogen (secondary N) is 1. The Hall–Kier alpha value is -0.840. The molecule has 1 aromatic rings. The molecule has 0 radical (unpaired) electrons. The third kappa shape index (κ3) is 3.38. The maximum Gasteiger partial charge on any atom is 0.255 e. The molecule has 0 atom stereocenters. The summed E-state index contributed by atoms with van der Waals surface area (Å²) in [7, 11) is 1.86. The molecule has 0 bridgehead atoms. The zero-order valence-corrected chi connectivity index (χ0v) is 14.1. The molecule has 1 rings (SSSR count). The lowest BCUT2D eigenvalue weighted by atomic mass is 9.84. The number of hydrogen-bond acceptors (Lipinski definition) is 2. The molecule has 19 heavy (non-hydrogen) atoms. The third-order valence-corrected chi connectivity index (χ3v) is 5.33. The Morgan fingerprint density at radius 1 is 1.37 bits per heavy atom. The highest BCUT2D eigenvalue weighted by atomic mass is 79.9. The average Bonchev–Trinajstić information content (AvgIpc) is 2.65. The normalized spacial score (nSPS) is 11.7. The number of halogens is 1. The number of carbonyl (C=O) groups is 1. The molecular formula is C14H24BrN3O. The lowest BCUT2D eigenvalue weighted by molar-refractivity contribution is 0.0931. The van der Waals surface area contributed by atoms with Crippen molar-refractivity contribution in [3.8, 4) is 0 Å². The van der Waals surface area contributed by atoms with Crippen molar-refractivity contribution >= 4 is 21.8 Å². The Bertz CT molecular complexity index is 442. The number of rotatable bonds is 6. The van der Waals surface area contributed by atoms with E-state index >= 15 is 0 Å². The van der Waals surface area contributed by atoms with Crippen molar-refractivity contribution in [2.24, 2.45) is 12.5 Å². The highest BCUT2D eigenvalue weighted by molar-refractivity contribution is 9.09. The molecule has 1 N–H and O–H groups in total. The summed E-state index contributed by atoms with van der Waals surface area (Å²) >= 11 is 3.57. The minimum atomic E-state index is -0.0182. The van der Waals surface area contributed by atoms with E-state index < -0.39 is 0 Å². The molecule has 1 amide bonds. The van der Waals surface area contributed by atoms with Crippen LogP contribution in [0.1, 0.15) is 48.4 Å². The van der Waals surface area contributed by atoms with Crippen molar-refractivity contribution in [3.05, 3.63) is 17.0 Å². The number of amides is 1. The minimum absolute atomic E-state index is 0.0182. The molecule has 0 unspecified atom stereocenters. The molecule has 0 aliphatic heterocycles. The molecule has 0 saturated carbocycles. The fraction of sp³-hybridized carbons (Fsp3) is 0.714. The van der Waals surface area contributed by atoms with Crippen molar-refractivity contribution in [2.75, 3.05) is 11.9 Å². The molecule has 0 spiro atoms. The van der Waals surface area contributed by atoms with Gasteiger partial charge in [-0.15, -0.1) is 0 Å². The topological polar surface area (TPSA) is 46.9 Å². The van der Waals surface area contributed by atoms with Crippen molar-refractivity contribution in [3.63, 3.8) is 0 Å². The van der Waals surface area contributed by atoms with Crippen molar-refractivity contribution in [1.82, 2.24) is 15.1 Å². The summed E-state index contributed by atoms with van der Waals surface area (Å²) in [5.74, 6) is -0.0182. The Morgan fingerprint density at radius 2 is 1.95 bits per heavy atom. The van der Waals surface area contributed by atoms with Gasteiger partial charge in [-0.1, -0.05) is 29.8 Å². The van der Waals surface area contributed by atoms with Crippen molar-refractivity contribution in [1.29, 1.82) is 0 Å². The number of aromatic nitrogens is 2. The first-order chi connectivity index (χ1) is 8.90. The van der Waals surface area contributed by atoms with Crippen LogP contribution < -0.4 is 5.32 Å². The molecular weight excluding hydrogens is 306 g/mol. The first-order valence-electron chi connectivity index (χ1n) is 6.75.